The van der Waals surface area contributed by atoms with E-state index in [0.717, 1.165) is 21.3 Å². The molecule has 150 valence electrons. The van der Waals surface area contributed by atoms with Crippen molar-refractivity contribution in [3.8, 4) is 0 Å². The second-order valence-corrected chi connectivity index (χ2v) is 11.3. The van der Waals surface area contributed by atoms with Gasteiger partial charge < -0.3 is 0 Å². The summed E-state index contributed by atoms with van der Waals surface area (Å²) in [5.41, 5.74) is 4.96. The van der Waals surface area contributed by atoms with Crippen LogP contribution in [0.25, 0.3) is 0 Å². The predicted octanol–water partition coefficient (Wildman–Crippen LogP) is 5.36. The zero-order valence-electron chi connectivity index (χ0n) is 17.2. The first-order valence-electron chi connectivity index (χ1n) is 9.31. The minimum Gasteiger partial charge on any atom is -0.200 e. The Morgan fingerprint density at radius 2 is 1.61 bits per heavy atom. The quantitative estimate of drug-likeness (QED) is 0.623. The molecule has 2 aromatic carbocycles. The van der Waals surface area contributed by atoms with E-state index in [1.807, 2.05) is 6.92 Å². The fraction of sp³-hybridized carbons (Fsp3) is 0.409. The molecule has 0 spiro atoms. The van der Waals surface area contributed by atoms with E-state index >= 15 is 0 Å². The van der Waals surface area contributed by atoms with E-state index in [0.29, 0.717) is 6.42 Å². The Kier molecular flexibility index (Phi) is 5.26. The number of nitrogens with one attached hydrogen (secondary N) is 1. The van der Waals surface area contributed by atoms with Gasteiger partial charge >= 0.3 is 0 Å². The van der Waals surface area contributed by atoms with Gasteiger partial charge in [0, 0.05) is 15.6 Å². The SMILES string of the molecule is Cc1ccc(S(=O)(=O)NN=C2CC(C)(C)c3cc(Br)c(C)cc3C2(C)C)cc1. The molecule has 1 aliphatic carbocycles. The van der Waals surface area contributed by atoms with Crippen molar-refractivity contribution in [3.05, 3.63) is 63.1 Å². The summed E-state index contributed by atoms with van der Waals surface area (Å²) in [4.78, 5) is 2.68. The summed E-state index contributed by atoms with van der Waals surface area (Å²) in [6, 6.07) is 11.1. The minimum absolute atomic E-state index is 0.144. The van der Waals surface area contributed by atoms with E-state index in [1.54, 1.807) is 24.3 Å². The van der Waals surface area contributed by atoms with Crippen LogP contribution in [0.3, 0.4) is 0 Å². The molecule has 1 aliphatic rings. The number of halogens is 1. The van der Waals surface area contributed by atoms with Gasteiger partial charge in [-0.1, -0.05) is 67.4 Å². The van der Waals surface area contributed by atoms with Gasteiger partial charge in [-0.15, -0.1) is 0 Å². The lowest BCUT2D eigenvalue weighted by Crippen LogP contribution is -2.43. The van der Waals surface area contributed by atoms with Gasteiger partial charge in [0.1, 0.15) is 0 Å². The van der Waals surface area contributed by atoms with Crippen molar-refractivity contribution in [3.63, 3.8) is 0 Å². The highest BCUT2D eigenvalue weighted by Gasteiger charge is 2.42. The molecular weight excluding hydrogens is 436 g/mol. The summed E-state index contributed by atoms with van der Waals surface area (Å²) < 4.78 is 26.5. The molecule has 0 aromatic heterocycles. The molecule has 0 saturated heterocycles. The number of hydrogen-bond acceptors (Lipinski definition) is 3. The number of aryl methyl sites for hydroxylation is 2. The van der Waals surface area contributed by atoms with Crippen LogP contribution in [-0.2, 0) is 20.9 Å². The van der Waals surface area contributed by atoms with Crippen LogP contribution in [0.15, 0.2) is 50.9 Å². The Balaban J connectivity index is 2.02. The molecule has 0 unspecified atom stereocenters. The first-order chi connectivity index (χ1) is 12.8. The molecule has 6 heteroatoms. The van der Waals surface area contributed by atoms with Crippen LogP contribution < -0.4 is 4.83 Å². The minimum atomic E-state index is -3.70. The van der Waals surface area contributed by atoms with Gasteiger partial charge in [0.15, 0.2) is 0 Å². The van der Waals surface area contributed by atoms with Crippen LogP contribution in [0.5, 0.6) is 0 Å². The maximum absolute atomic E-state index is 12.7. The fourth-order valence-corrected chi connectivity index (χ4v) is 4.89. The number of hydrazone groups is 1. The standard InChI is InChI=1S/C22H27BrN2O2S/c1-14-7-9-16(10-8-14)28(26,27)25-24-20-13-21(3,4)17-12-19(23)15(2)11-18(17)22(20,5)6/h7-12,25H,13H2,1-6H3. The predicted molar refractivity (Wildman–Crippen MR) is 118 cm³/mol. The number of rotatable bonds is 3. The van der Waals surface area contributed by atoms with Crippen molar-refractivity contribution < 1.29 is 8.42 Å². The normalized spacial score (nSPS) is 19.3. The summed E-state index contributed by atoms with van der Waals surface area (Å²) in [7, 11) is -3.70. The number of hydrogen-bond donors (Lipinski definition) is 1. The summed E-state index contributed by atoms with van der Waals surface area (Å²) in [5, 5.41) is 4.42. The number of sulfonamides is 1. The topological polar surface area (TPSA) is 58.5 Å². The van der Waals surface area contributed by atoms with Gasteiger partial charge in [0.2, 0.25) is 0 Å². The van der Waals surface area contributed by atoms with Crippen LogP contribution in [-0.4, -0.2) is 14.1 Å². The van der Waals surface area contributed by atoms with Gasteiger partial charge in [0.05, 0.1) is 4.90 Å². The first kappa shape index (κ1) is 21.1. The molecule has 3 rings (SSSR count). The van der Waals surface area contributed by atoms with Gasteiger partial charge in [0.25, 0.3) is 10.0 Å². The van der Waals surface area contributed by atoms with Crippen LogP contribution in [0, 0.1) is 13.8 Å². The molecular formula is C22H27BrN2O2S. The average Bonchev–Trinajstić information content (AvgIpc) is 2.59. The highest BCUT2D eigenvalue weighted by molar-refractivity contribution is 9.10. The molecule has 0 bridgehead atoms. The molecule has 1 N–H and O–H groups in total. The summed E-state index contributed by atoms with van der Waals surface area (Å²) in [6.45, 7) is 12.5. The van der Waals surface area contributed by atoms with Gasteiger partial charge in [-0.25, -0.2) is 4.83 Å². The Morgan fingerprint density at radius 3 is 2.21 bits per heavy atom. The Hall–Kier alpha value is -1.66. The van der Waals surface area contributed by atoms with Gasteiger partial charge in [-0.05, 0) is 60.6 Å². The van der Waals surface area contributed by atoms with Gasteiger partial charge in [-0.3, -0.25) is 0 Å². The second-order valence-electron chi connectivity index (χ2n) is 8.80. The first-order valence-corrected chi connectivity index (χ1v) is 11.6. The van der Waals surface area contributed by atoms with E-state index in [9.17, 15) is 8.42 Å². The molecule has 4 nitrogen and oxygen atoms in total. The maximum Gasteiger partial charge on any atom is 0.276 e. The van der Waals surface area contributed by atoms with E-state index in [2.05, 4.69) is 72.6 Å². The molecule has 0 fully saturated rings. The van der Waals surface area contributed by atoms with E-state index in [4.69, 9.17) is 0 Å². The van der Waals surface area contributed by atoms with Crippen molar-refractivity contribution in [2.45, 2.75) is 63.7 Å². The Morgan fingerprint density at radius 1 is 1.00 bits per heavy atom. The molecule has 0 saturated carbocycles. The molecule has 0 aliphatic heterocycles. The number of benzene rings is 2. The molecule has 2 aromatic rings. The average molecular weight is 463 g/mol. The molecule has 0 radical (unpaired) electrons. The summed E-state index contributed by atoms with van der Waals surface area (Å²) >= 11 is 3.64. The zero-order chi connectivity index (χ0) is 20.9. The Bertz CT molecular complexity index is 1050. The number of nitrogens with zero attached hydrogens (tertiary/aromatic N) is 1. The smallest absolute Gasteiger partial charge is 0.200 e. The van der Waals surface area contributed by atoms with Gasteiger partial charge in [-0.2, -0.15) is 13.5 Å². The summed E-state index contributed by atoms with van der Waals surface area (Å²) in [6.07, 6.45) is 0.679. The van der Waals surface area contributed by atoms with Crippen LogP contribution in [0.1, 0.15) is 56.4 Å². The largest absolute Gasteiger partial charge is 0.276 e. The van der Waals surface area contributed by atoms with Crippen molar-refractivity contribution in [2.75, 3.05) is 0 Å². The number of fused-ring (bicyclic) bond motifs is 1. The zero-order valence-corrected chi connectivity index (χ0v) is 19.6. The maximum atomic E-state index is 12.7. The van der Waals surface area contributed by atoms with Crippen LogP contribution in [0.4, 0.5) is 0 Å². The monoisotopic (exact) mass is 462 g/mol. The molecule has 0 atom stereocenters. The third-order valence-electron chi connectivity index (χ3n) is 5.66. The van der Waals surface area contributed by atoms with Crippen molar-refractivity contribution in [2.24, 2.45) is 5.10 Å². The second kappa shape index (κ2) is 6.99. The van der Waals surface area contributed by atoms with Crippen LogP contribution in [0.2, 0.25) is 0 Å². The molecule has 28 heavy (non-hydrogen) atoms. The lowest BCUT2D eigenvalue weighted by atomic mass is 9.62. The molecule has 0 heterocycles. The van der Waals surface area contributed by atoms with E-state index in [-0.39, 0.29) is 15.7 Å². The van der Waals surface area contributed by atoms with Crippen LogP contribution >= 0.6 is 15.9 Å². The fourth-order valence-electron chi connectivity index (χ4n) is 3.71. The Labute approximate surface area is 176 Å². The highest BCUT2D eigenvalue weighted by Crippen LogP contribution is 2.45. The lowest BCUT2D eigenvalue weighted by molar-refractivity contribution is 0.481. The van der Waals surface area contributed by atoms with Crippen molar-refractivity contribution in [1.29, 1.82) is 0 Å². The van der Waals surface area contributed by atoms with Crippen molar-refractivity contribution >= 4 is 31.7 Å². The van der Waals surface area contributed by atoms with E-state index in [1.165, 1.54) is 11.1 Å². The lowest BCUT2D eigenvalue weighted by Gasteiger charge is -2.43. The highest BCUT2D eigenvalue weighted by atomic mass is 79.9. The third-order valence-corrected chi connectivity index (χ3v) is 7.74. The third kappa shape index (κ3) is 3.77. The summed E-state index contributed by atoms with van der Waals surface area (Å²) in [5.74, 6) is 0. The molecule has 0 amide bonds. The van der Waals surface area contributed by atoms with Crippen molar-refractivity contribution in [1.82, 2.24) is 4.83 Å². The van der Waals surface area contributed by atoms with E-state index < -0.39 is 10.0 Å².